The van der Waals surface area contributed by atoms with E-state index in [0.29, 0.717) is 10.2 Å². The van der Waals surface area contributed by atoms with Gasteiger partial charge >= 0.3 is 0 Å². The van der Waals surface area contributed by atoms with E-state index in [4.69, 9.17) is 11.6 Å². The van der Waals surface area contributed by atoms with Crippen LogP contribution < -0.4 is 5.32 Å². The van der Waals surface area contributed by atoms with Crippen LogP contribution in [-0.4, -0.2) is 29.4 Å². The molecular formula is C15H16ClN3OS. The van der Waals surface area contributed by atoms with Crippen molar-refractivity contribution < 1.29 is 4.79 Å². The predicted octanol–water partition coefficient (Wildman–Crippen LogP) is 2.97. The van der Waals surface area contributed by atoms with Crippen LogP contribution in [0.5, 0.6) is 0 Å². The highest BCUT2D eigenvalue weighted by Crippen LogP contribution is 2.28. The summed E-state index contributed by atoms with van der Waals surface area (Å²) < 4.78 is 0. The molecule has 0 fully saturated rings. The quantitative estimate of drug-likeness (QED) is 0.945. The second-order valence-electron chi connectivity index (χ2n) is 5.19. The minimum absolute atomic E-state index is 0.0810. The van der Waals surface area contributed by atoms with Crippen molar-refractivity contribution in [3.05, 3.63) is 45.4 Å². The fourth-order valence-corrected chi connectivity index (χ4v) is 3.66. The number of hydrogen-bond donors (Lipinski definition) is 1. The average Bonchev–Trinajstić information content (AvgIpc) is 2.82. The fourth-order valence-electron chi connectivity index (χ4n) is 2.35. The molecule has 1 amide bonds. The Kier molecular flexibility index (Phi) is 4.24. The summed E-state index contributed by atoms with van der Waals surface area (Å²) in [5, 5.41) is 4.19. The summed E-state index contributed by atoms with van der Waals surface area (Å²) in [7, 11) is 2.10. The minimum atomic E-state index is -0.0810. The lowest BCUT2D eigenvalue weighted by Crippen LogP contribution is -2.25. The van der Waals surface area contributed by atoms with Crippen molar-refractivity contribution in [3.8, 4) is 0 Å². The Balaban J connectivity index is 1.67. The standard InChI is InChI=1S/C15H16ClN3OS/c1-19-7-6-12-13(9-19)21-15(17-12)18-14(20)8-10-4-2-3-5-11(10)16/h2-5H,6-9H2,1H3,(H,17,18,20). The maximum Gasteiger partial charge on any atom is 0.230 e. The maximum absolute atomic E-state index is 12.1. The summed E-state index contributed by atoms with van der Waals surface area (Å²) in [5.41, 5.74) is 1.95. The van der Waals surface area contributed by atoms with Crippen LogP contribution in [0, 0.1) is 0 Å². The topological polar surface area (TPSA) is 45.2 Å². The van der Waals surface area contributed by atoms with Gasteiger partial charge in [0.15, 0.2) is 5.13 Å². The molecule has 2 heterocycles. The number of carbonyl (C=O) groups is 1. The van der Waals surface area contributed by atoms with Gasteiger partial charge in [0, 0.05) is 29.4 Å². The second kappa shape index (κ2) is 6.13. The van der Waals surface area contributed by atoms with Crippen LogP contribution in [-0.2, 0) is 24.2 Å². The number of hydrogen-bond acceptors (Lipinski definition) is 4. The van der Waals surface area contributed by atoms with E-state index in [9.17, 15) is 4.79 Å². The van der Waals surface area contributed by atoms with Crippen LogP contribution in [0.25, 0.3) is 0 Å². The molecule has 1 aliphatic heterocycles. The minimum Gasteiger partial charge on any atom is -0.302 e. The van der Waals surface area contributed by atoms with Gasteiger partial charge in [-0.15, -0.1) is 11.3 Å². The molecular weight excluding hydrogens is 306 g/mol. The highest BCUT2D eigenvalue weighted by molar-refractivity contribution is 7.15. The first-order chi connectivity index (χ1) is 10.1. The lowest BCUT2D eigenvalue weighted by molar-refractivity contribution is -0.115. The van der Waals surface area contributed by atoms with Gasteiger partial charge in [0.25, 0.3) is 0 Å². The molecule has 0 bridgehead atoms. The van der Waals surface area contributed by atoms with E-state index < -0.39 is 0 Å². The monoisotopic (exact) mass is 321 g/mol. The van der Waals surface area contributed by atoms with E-state index in [0.717, 1.165) is 30.8 Å². The average molecular weight is 322 g/mol. The SMILES string of the molecule is CN1CCc2nc(NC(=O)Cc3ccccc3Cl)sc2C1. The van der Waals surface area contributed by atoms with Gasteiger partial charge in [-0.05, 0) is 18.7 Å². The molecule has 1 aliphatic rings. The van der Waals surface area contributed by atoms with E-state index in [-0.39, 0.29) is 12.3 Å². The number of thiazole rings is 1. The molecule has 6 heteroatoms. The summed E-state index contributed by atoms with van der Waals surface area (Å²) in [5.74, 6) is -0.0810. The molecule has 4 nitrogen and oxygen atoms in total. The number of rotatable bonds is 3. The van der Waals surface area contributed by atoms with Crippen molar-refractivity contribution in [1.29, 1.82) is 0 Å². The number of fused-ring (bicyclic) bond motifs is 1. The van der Waals surface area contributed by atoms with E-state index in [2.05, 4.69) is 22.2 Å². The Labute approximate surface area is 132 Å². The second-order valence-corrected chi connectivity index (χ2v) is 6.68. The number of carbonyl (C=O) groups excluding carboxylic acids is 1. The highest BCUT2D eigenvalue weighted by atomic mass is 35.5. The van der Waals surface area contributed by atoms with Crippen LogP contribution in [0.3, 0.4) is 0 Å². The van der Waals surface area contributed by atoms with E-state index in [1.165, 1.54) is 4.88 Å². The number of nitrogens with one attached hydrogen (secondary N) is 1. The van der Waals surface area contributed by atoms with Crippen LogP contribution in [0.15, 0.2) is 24.3 Å². The zero-order valence-electron chi connectivity index (χ0n) is 11.7. The molecule has 0 aliphatic carbocycles. The molecule has 3 rings (SSSR count). The van der Waals surface area contributed by atoms with E-state index >= 15 is 0 Å². The molecule has 0 unspecified atom stereocenters. The van der Waals surface area contributed by atoms with Gasteiger partial charge in [-0.1, -0.05) is 29.8 Å². The molecule has 110 valence electrons. The largest absolute Gasteiger partial charge is 0.302 e. The third kappa shape index (κ3) is 3.43. The number of benzene rings is 1. The number of aromatic nitrogens is 1. The summed E-state index contributed by atoms with van der Waals surface area (Å²) in [4.78, 5) is 20.1. The summed E-state index contributed by atoms with van der Waals surface area (Å²) in [6.07, 6.45) is 1.21. The van der Waals surface area contributed by atoms with Crippen LogP contribution in [0.1, 0.15) is 16.1 Å². The normalized spacial score (nSPS) is 14.8. The van der Waals surface area contributed by atoms with Gasteiger partial charge in [0.1, 0.15) is 0 Å². The van der Waals surface area contributed by atoms with Crippen LogP contribution in [0.4, 0.5) is 5.13 Å². The number of anilines is 1. The highest BCUT2D eigenvalue weighted by Gasteiger charge is 2.19. The van der Waals surface area contributed by atoms with Crippen molar-refractivity contribution in [3.63, 3.8) is 0 Å². The zero-order chi connectivity index (χ0) is 14.8. The van der Waals surface area contributed by atoms with Gasteiger partial charge in [0.05, 0.1) is 12.1 Å². The van der Waals surface area contributed by atoms with Crippen molar-refractivity contribution in [1.82, 2.24) is 9.88 Å². The summed E-state index contributed by atoms with van der Waals surface area (Å²) in [6.45, 7) is 1.93. The number of nitrogens with zero attached hydrogens (tertiary/aromatic N) is 2. The Morgan fingerprint density at radius 3 is 3.10 bits per heavy atom. The third-order valence-corrected chi connectivity index (χ3v) is 4.84. The van der Waals surface area contributed by atoms with Crippen molar-refractivity contribution >= 4 is 34.0 Å². The number of amides is 1. The van der Waals surface area contributed by atoms with E-state index in [1.54, 1.807) is 17.4 Å². The molecule has 1 N–H and O–H groups in total. The first-order valence-electron chi connectivity index (χ1n) is 6.82. The molecule has 0 radical (unpaired) electrons. The molecule has 2 aromatic rings. The van der Waals surface area contributed by atoms with E-state index in [1.807, 2.05) is 18.2 Å². The van der Waals surface area contributed by atoms with Crippen molar-refractivity contribution in [2.24, 2.45) is 0 Å². The van der Waals surface area contributed by atoms with Crippen LogP contribution in [0.2, 0.25) is 5.02 Å². The lowest BCUT2D eigenvalue weighted by Gasteiger charge is -2.20. The van der Waals surface area contributed by atoms with Gasteiger partial charge in [-0.2, -0.15) is 0 Å². The lowest BCUT2D eigenvalue weighted by atomic mass is 10.1. The molecule has 1 aromatic heterocycles. The smallest absolute Gasteiger partial charge is 0.230 e. The summed E-state index contributed by atoms with van der Waals surface area (Å²) >= 11 is 7.64. The Morgan fingerprint density at radius 2 is 2.29 bits per heavy atom. The first kappa shape index (κ1) is 14.5. The molecule has 1 aromatic carbocycles. The Bertz CT molecular complexity index is 671. The number of halogens is 1. The summed E-state index contributed by atoms with van der Waals surface area (Å²) in [6, 6.07) is 7.40. The first-order valence-corrected chi connectivity index (χ1v) is 8.01. The Morgan fingerprint density at radius 1 is 1.48 bits per heavy atom. The molecule has 0 atom stereocenters. The Hall–Kier alpha value is -1.43. The maximum atomic E-state index is 12.1. The van der Waals surface area contributed by atoms with Gasteiger partial charge in [-0.3, -0.25) is 4.79 Å². The van der Waals surface area contributed by atoms with Gasteiger partial charge in [-0.25, -0.2) is 4.98 Å². The molecule has 21 heavy (non-hydrogen) atoms. The number of likely N-dealkylation sites (N-methyl/N-ethyl adjacent to an activating group) is 1. The third-order valence-electron chi connectivity index (χ3n) is 3.48. The van der Waals surface area contributed by atoms with Crippen molar-refractivity contribution in [2.45, 2.75) is 19.4 Å². The van der Waals surface area contributed by atoms with Crippen LogP contribution >= 0.6 is 22.9 Å². The van der Waals surface area contributed by atoms with Gasteiger partial charge < -0.3 is 10.2 Å². The molecule has 0 spiro atoms. The van der Waals surface area contributed by atoms with Gasteiger partial charge in [0.2, 0.25) is 5.91 Å². The zero-order valence-corrected chi connectivity index (χ0v) is 13.3. The van der Waals surface area contributed by atoms with Crippen molar-refractivity contribution in [2.75, 3.05) is 18.9 Å². The molecule has 0 saturated heterocycles. The fraction of sp³-hybridized carbons (Fsp3) is 0.333. The molecule has 0 saturated carbocycles. The predicted molar refractivity (Wildman–Crippen MR) is 85.9 cm³/mol.